The summed E-state index contributed by atoms with van der Waals surface area (Å²) in [6, 6.07) is 0. The van der Waals surface area contributed by atoms with Gasteiger partial charge < -0.3 is 33.8 Å². The molecule has 0 aliphatic carbocycles. The largest absolute Gasteiger partial charge is 0.472 e. The van der Waals surface area contributed by atoms with Crippen molar-refractivity contribution in [3.05, 3.63) is 0 Å². The Kier molecular flexibility index (Phi) is 55.7. The zero-order valence-corrected chi connectivity index (χ0v) is 57.7. The van der Waals surface area contributed by atoms with E-state index in [4.69, 9.17) is 37.0 Å². The number of carbonyl (C=O) groups is 4. The standard InChI is InChI=1S/C67H130O17P2/c1-57(2)43-35-27-19-15-11-9-10-12-17-21-31-39-47-64(69)77-53-63(84-67(72)50-42-34-26-24-30-38-46-60(7)8)56-82-86(75,76)80-52-61(68)51-79-85(73,74)81-55-62(54-78-65(70)48-40-32-25-23-29-37-45-59(5)6)83-66(71)49-41-33-22-18-14-13-16-20-28-36-44-58(3)4/h57-63,68H,9-56H2,1-8H3,(H,73,74)(H,75,76)/t61-,62+,63+/m0/s1. The quantitative estimate of drug-likeness (QED) is 0.0222. The van der Waals surface area contributed by atoms with Gasteiger partial charge in [-0.3, -0.25) is 37.3 Å². The molecule has 5 atom stereocenters. The van der Waals surface area contributed by atoms with Gasteiger partial charge in [-0.05, 0) is 49.4 Å². The van der Waals surface area contributed by atoms with Crippen LogP contribution >= 0.6 is 15.6 Å². The van der Waals surface area contributed by atoms with Gasteiger partial charge in [-0.25, -0.2) is 9.13 Å². The van der Waals surface area contributed by atoms with Gasteiger partial charge >= 0.3 is 39.5 Å². The van der Waals surface area contributed by atoms with Crippen molar-refractivity contribution in [2.24, 2.45) is 23.7 Å². The number of esters is 4. The molecule has 0 spiro atoms. The molecule has 86 heavy (non-hydrogen) atoms. The van der Waals surface area contributed by atoms with Crippen LogP contribution in [-0.2, 0) is 65.4 Å². The van der Waals surface area contributed by atoms with Gasteiger partial charge in [0, 0.05) is 25.7 Å². The van der Waals surface area contributed by atoms with Crippen molar-refractivity contribution < 1.29 is 80.2 Å². The van der Waals surface area contributed by atoms with Crippen molar-refractivity contribution >= 4 is 39.5 Å². The highest BCUT2D eigenvalue weighted by molar-refractivity contribution is 7.47. The van der Waals surface area contributed by atoms with Crippen molar-refractivity contribution in [3.8, 4) is 0 Å². The van der Waals surface area contributed by atoms with Gasteiger partial charge in [0.25, 0.3) is 0 Å². The van der Waals surface area contributed by atoms with E-state index >= 15 is 0 Å². The smallest absolute Gasteiger partial charge is 0.462 e. The fraction of sp³-hybridized carbons (Fsp3) is 0.940. The molecule has 0 aliphatic heterocycles. The molecule has 2 unspecified atom stereocenters. The first-order chi connectivity index (χ1) is 41.1. The summed E-state index contributed by atoms with van der Waals surface area (Å²) in [5.41, 5.74) is 0. The topological polar surface area (TPSA) is 237 Å². The van der Waals surface area contributed by atoms with Crippen LogP contribution in [0.15, 0.2) is 0 Å². The minimum Gasteiger partial charge on any atom is -0.462 e. The lowest BCUT2D eigenvalue weighted by Gasteiger charge is -2.21. The van der Waals surface area contributed by atoms with Crippen LogP contribution in [0.25, 0.3) is 0 Å². The van der Waals surface area contributed by atoms with Crippen LogP contribution < -0.4 is 0 Å². The van der Waals surface area contributed by atoms with E-state index in [-0.39, 0.29) is 25.7 Å². The first kappa shape index (κ1) is 84.1. The van der Waals surface area contributed by atoms with Crippen molar-refractivity contribution in [2.75, 3.05) is 39.6 Å². The Morgan fingerprint density at radius 3 is 0.721 bits per heavy atom. The number of aliphatic hydroxyl groups excluding tert-OH is 1. The zero-order valence-electron chi connectivity index (χ0n) is 55.9. The molecule has 0 radical (unpaired) electrons. The number of hydrogen-bond donors (Lipinski definition) is 3. The van der Waals surface area contributed by atoms with Gasteiger partial charge in [-0.1, -0.05) is 274 Å². The number of rotatable bonds is 64. The number of phosphoric ester groups is 2. The molecule has 17 nitrogen and oxygen atoms in total. The Labute approximate surface area is 524 Å². The molecule has 0 saturated heterocycles. The molecule has 3 N–H and O–H groups in total. The van der Waals surface area contributed by atoms with E-state index in [9.17, 15) is 43.2 Å². The number of ether oxygens (including phenoxy) is 4. The Morgan fingerprint density at radius 1 is 0.291 bits per heavy atom. The Bertz CT molecular complexity index is 1710. The lowest BCUT2D eigenvalue weighted by Crippen LogP contribution is -2.30. The van der Waals surface area contributed by atoms with Crippen LogP contribution in [0.2, 0.25) is 0 Å². The van der Waals surface area contributed by atoms with Crippen molar-refractivity contribution in [1.82, 2.24) is 0 Å². The van der Waals surface area contributed by atoms with Crippen molar-refractivity contribution in [3.63, 3.8) is 0 Å². The predicted octanol–water partition coefficient (Wildman–Crippen LogP) is 18.5. The lowest BCUT2D eigenvalue weighted by atomic mass is 10.0. The SMILES string of the molecule is CC(C)CCCCCCCCCCCCCCC(=O)OC[C@H](COP(=O)(O)OC[C@@H](O)COP(=O)(O)OC[C@@H](COC(=O)CCCCCCCCC(C)C)OC(=O)CCCCCCCCCCCCC(C)C)OC(=O)CCCCCCCCC(C)C. The molecule has 0 aliphatic rings. The third-order valence-electron chi connectivity index (χ3n) is 15.3. The van der Waals surface area contributed by atoms with E-state index in [1.165, 1.54) is 122 Å². The molecule has 0 saturated carbocycles. The summed E-state index contributed by atoms with van der Waals surface area (Å²) in [6.45, 7) is 13.9. The first-order valence-electron chi connectivity index (χ1n) is 34.7. The third kappa shape index (κ3) is 60.9. The molecule has 510 valence electrons. The average molecular weight is 1270 g/mol. The molecule has 0 amide bonds. The van der Waals surface area contributed by atoms with Gasteiger partial charge in [-0.15, -0.1) is 0 Å². The van der Waals surface area contributed by atoms with E-state index in [1.807, 2.05) is 0 Å². The lowest BCUT2D eigenvalue weighted by molar-refractivity contribution is -0.161. The normalized spacial score (nSPS) is 14.4. The van der Waals surface area contributed by atoms with Crippen LogP contribution in [0.3, 0.4) is 0 Å². The van der Waals surface area contributed by atoms with Crippen LogP contribution in [0.4, 0.5) is 0 Å². The van der Waals surface area contributed by atoms with Gasteiger partial charge in [0.1, 0.15) is 19.3 Å². The Morgan fingerprint density at radius 2 is 0.488 bits per heavy atom. The van der Waals surface area contributed by atoms with E-state index in [0.29, 0.717) is 37.5 Å². The summed E-state index contributed by atoms with van der Waals surface area (Å²) >= 11 is 0. The predicted molar refractivity (Wildman–Crippen MR) is 344 cm³/mol. The van der Waals surface area contributed by atoms with Gasteiger partial charge in [0.2, 0.25) is 0 Å². The summed E-state index contributed by atoms with van der Waals surface area (Å²) in [5, 5.41) is 10.5. The molecule has 0 fully saturated rings. The second-order valence-electron chi connectivity index (χ2n) is 26.1. The summed E-state index contributed by atoms with van der Waals surface area (Å²) in [5.74, 6) is 0.743. The molecule has 19 heteroatoms. The first-order valence-corrected chi connectivity index (χ1v) is 37.7. The van der Waals surface area contributed by atoms with E-state index in [1.54, 1.807) is 0 Å². The Hall–Kier alpha value is -1.94. The minimum absolute atomic E-state index is 0.101. The average Bonchev–Trinajstić information content (AvgIpc) is 3.65. The second kappa shape index (κ2) is 57.0. The number of phosphoric acid groups is 2. The highest BCUT2D eigenvalue weighted by Gasteiger charge is 2.30. The second-order valence-corrected chi connectivity index (χ2v) is 29.0. The van der Waals surface area contributed by atoms with E-state index in [2.05, 4.69) is 55.4 Å². The van der Waals surface area contributed by atoms with Crippen molar-refractivity contribution in [2.45, 2.75) is 343 Å². The molecular weight excluding hydrogens is 1140 g/mol. The highest BCUT2D eigenvalue weighted by atomic mass is 31.2. The molecule has 0 aromatic heterocycles. The minimum atomic E-state index is -4.95. The summed E-state index contributed by atoms with van der Waals surface area (Å²) in [4.78, 5) is 72.3. The maximum atomic E-state index is 13.0. The number of carbonyl (C=O) groups excluding carboxylic acids is 4. The highest BCUT2D eigenvalue weighted by Crippen LogP contribution is 2.45. The van der Waals surface area contributed by atoms with Gasteiger partial charge in [0.05, 0.1) is 26.4 Å². The molecule has 0 heterocycles. The number of unbranched alkanes of at least 4 members (excludes halogenated alkanes) is 30. The van der Waals surface area contributed by atoms with Crippen LogP contribution in [0.1, 0.15) is 325 Å². The summed E-state index contributed by atoms with van der Waals surface area (Å²) < 4.78 is 68.1. The Balaban J connectivity index is 5.20. The molecule has 0 rings (SSSR count). The third-order valence-corrected chi connectivity index (χ3v) is 17.2. The van der Waals surface area contributed by atoms with E-state index < -0.39 is 97.5 Å². The fourth-order valence-electron chi connectivity index (χ4n) is 9.96. The summed E-state index contributed by atoms with van der Waals surface area (Å²) in [7, 11) is -9.89. The van der Waals surface area contributed by atoms with Crippen molar-refractivity contribution in [1.29, 1.82) is 0 Å². The maximum Gasteiger partial charge on any atom is 0.472 e. The fourth-order valence-corrected chi connectivity index (χ4v) is 11.5. The molecule has 0 aromatic carbocycles. The van der Waals surface area contributed by atoms with E-state index in [0.717, 1.165) is 108 Å². The van der Waals surface area contributed by atoms with Gasteiger partial charge in [-0.2, -0.15) is 0 Å². The number of aliphatic hydroxyl groups is 1. The van der Waals surface area contributed by atoms with Crippen LogP contribution in [-0.4, -0.2) is 96.7 Å². The molecule has 0 bridgehead atoms. The monoisotopic (exact) mass is 1270 g/mol. The summed E-state index contributed by atoms with van der Waals surface area (Å²) in [6.07, 6.45) is 37.9. The van der Waals surface area contributed by atoms with Crippen LogP contribution in [0.5, 0.6) is 0 Å². The zero-order chi connectivity index (χ0) is 63.9. The molecular formula is C67H130O17P2. The number of hydrogen-bond acceptors (Lipinski definition) is 15. The maximum absolute atomic E-state index is 13.0. The van der Waals surface area contributed by atoms with Crippen LogP contribution in [0, 0.1) is 23.7 Å². The molecule has 0 aromatic rings. The van der Waals surface area contributed by atoms with Gasteiger partial charge in [0.15, 0.2) is 12.2 Å².